The largest absolute Gasteiger partial charge is 0.317 e. The van der Waals surface area contributed by atoms with Crippen molar-refractivity contribution in [1.29, 1.82) is 5.41 Å². The predicted octanol–water partition coefficient (Wildman–Crippen LogP) is 2.62. The molecule has 0 unspecified atom stereocenters. The summed E-state index contributed by atoms with van der Waals surface area (Å²) in [6, 6.07) is 8.15. The van der Waals surface area contributed by atoms with Crippen molar-refractivity contribution in [3.05, 3.63) is 29.1 Å². The standard InChI is InChI=1S/C9H10N2S.ClH/c1-2-11-7-5-3-4-6-8(7)12-9(11)10;/h3-6,10H,2H2,1H3;1H. The summed E-state index contributed by atoms with van der Waals surface area (Å²) in [4.78, 5) is 0.638. The summed E-state index contributed by atoms with van der Waals surface area (Å²) < 4.78 is 3.21. The molecule has 0 aliphatic rings. The topological polar surface area (TPSA) is 28.8 Å². The third-order valence-electron chi connectivity index (χ3n) is 1.92. The van der Waals surface area contributed by atoms with E-state index in [0.29, 0.717) is 4.80 Å². The number of hydrogen-bond acceptors (Lipinski definition) is 2. The van der Waals surface area contributed by atoms with Gasteiger partial charge in [-0.3, -0.25) is 5.41 Å². The third kappa shape index (κ3) is 1.62. The maximum absolute atomic E-state index is 7.68. The van der Waals surface area contributed by atoms with E-state index in [4.69, 9.17) is 5.41 Å². The van der Waals surface area contributed by atoms with Gasteiger partial charge in [0.05, 0.1) is 10.2 Å². The van der Waals surface area contributed by atoms with Gasteiger partial charge >= 0.3 is 0 Å². The summed E-state index contributed by atoms with van der Waals surface area (Å²) in [7, 11) is 0. The van der Waals surface area contributed by atoms with Crippen LogP contribution < -0.4 is 4.80 Å². The number of para-hydroxylation sites is 1. The Morgan fingerprint density at radius 3 is 2.77 bits per heavy atom. The smallest absolute Gasteiger partial charge is 0.182 e. The van der Waals surface area contributed by atoms with Crippen molar-refractivity contribution in [2.75, 3.05) is 0 Å². The molecule has 1 N–H and O–H groups in total. The zero-order valence-corrected chi connectivity index (χ0v) is 8.91. The van der Waals surface area contributed by atoms with Gasteiger partial charge in [-0.05, 0) is 19.1 Å². The molecular formula is C9H11ClN2S. The van der Waals surface area contributed by atoms with Gasteiger partial charge in [0, 0.05) is 6.54 Å². The van der Waals surface area contributed by atoms with E-state index in [2.05, 4.69) is 19.1 Å². The second-order valence-electron chi connectivity index (χ2n) is 2.62. The molecule has 1 aromatic heterocycles. The molecule has 0 saturated heterocycles. The predicted molar refractivity (Wildman–Crippen MR) is 58.6 cm³/mol. The van der Waals surface area contributed by atoms with Crippen LogP contribution >= 0.6 is 23.7 Å². The Labute approximate surface area is 86.8 Å². The fourth-order valence-electron chi connectivity index (χ4n) is 1.35. The molecule has 0 amide bonds. The van der Waals surface area contributed by atoms with E-state index in [9.17, 15) is 0 Å². The number of aromatic nitrogens is 1. The number of nitrogens with one attached hydrogen (secondary N) is 1. The molecule has 0 atom stereocenters. The molecule has 0 saturated carbocycles. The molecule has 0 fully saturated rings. The van der Waals surface area contributed by atoms with Crippen LogP contribution in [0.2, 0.25) is 0 Å². The average molecular weight is 215 g/mol. The zero-order chi connectivity index (χ0) is 8.55. The van der Waals surface area contributed by atoms with Crippen molar-refractivity contribution < 1.29 is 0 Å². The van der Waals surface area contributed by atoms with Crippen LogP contribution in [0.1, 0.15) is 6.92 Å². The maximum atomic E-state index is 7.68. The van der Waals surface area contributed by atoms with Crippen LogP contribution in [0.3, 0.4) is 0 Å². The molecule has 13 heavy (non-hydrogen) atoms. The van der Waals surface area contributed by atoms with Crippen LogP contribution in [-0.2, 0) is 6.54 Å². The molecule has 2 aromatic rings. The highest BCUT2D eigenvalue weighted by Crippen LogP contribution is 2.15. The van der Waals surface area contributed by atoms with E-state index in [1.54, 1.807) is 0 Å². The minimum atomic E-state index is 0. The highest BCUT2D eigenvalue weighted by molar-refractivity contribution is 7.16. The summed E-state index contributed by atoms with van der Waals surface area (Å²) in [5.74, 6) is 0. The third-order valence-corrected chi connectivity index (χ3v) is 2.90. The number of thiazole rings is 1. The number of benzene rings is 1. The zero-order valence-electron chi connectivity index (χ0n) is 7.28. The van der Waals surface area contributed by atoms with Crippen LogP contribution in [0.15, 0.2) is 24.3 Å². The number of aryl methyl sites for hydroxylation is 1. The van der Waals surface area contributed by atoms with Crippen LogP contribution in [0.4, 0.5) is 0 Å². The average Bonchev–Trinajstić information content (AvgIpc) is 2.40. The first kappa shape index (κ1) is 10.3. The van der Waals surface area contributed by atoms with E-state index >= 15 is 0 Å². The van der Waals surface area contributed by atoms with Crippen molar-refractivity contribution in [2.24, 2.45) is 0 Å². The van der Waals surface area contributed by atoms with E-state index in [1.807, 2.05) is 16.7 Å². The van der Waals surface area contributed by atoms with Crippen molar-refractivity contribution in [3.8, 4) is 0 Å². The number of nitrogens with zero attached hydrogens (tertiary/aromatic N) is 1. The monoisotopic (exact) mass is 214 g/mol. The number of hydrogen-bond donors (Lipinski definition) is 1. The normalized spacial score (nSPS) is 9.92. The Morgan fingerprint density at radius 2 is 2.08 bits per heavy atom. The molecule has 0 aliphatic heterocycles. The summed E-state index contributed by atoms with van der Waals surface area (Å²) in [6.45, 7) is 2.94. The lowest BCUT2D eigenvalue weighted by atomic mass is 10.3. The maximum Gasteiger partial charge on any atom is 0.182 e. The van der Waals surface area contributed by atoms with Crippen molar-refractivity contribution in [2.45, 2.75) is 13.5 Å². The Balaban J connectivity index is 0.000000845. The number of fused-ring (bicyclic) bond motifs is 1. The Morgan fingerprint density at radius 1 is 1.38 bits per heavy atom. The first-order chi connectivity index (χ1) is 5.83. The molecule has 2 nitrogen and oxygen atoms in total. The van der Waals surface area contributed by atoms with Crippen LogP contribution in [0, 0.1) is 5.41 Å². The van der Waals surface area contributed by atoms with Gasteiger partial charge in [0.15, 0.2) is 4.80 Å². The number of halogens is 1. The van der Waals surface area contributed by atoms with E-state index in [-0.39, 0.29) is 12.4 Å². The minimum absolute atomic E-state index is 0. The Kier molecular flexibility index (Phi) is 3.12. The van der Waals surface area contributed by atoms with Crippen LogP contribution in [-0.4, -0.2) is 4.57 Å². The summed E-state index contributed by atoms with van der Waals surface area (Å²) in [5.41, 5.74) is 1.18. The van der Waals surface area contributed by atoms with Crippen molar-refractivity contribution >= 4 is 34.0 Å². The lowest BCUT2D eigenvalue weighted by Crippen LogP contribution is -2.10. The first-order valence-corrected chi connectivity index (χ1v) is 4.77. The molecule has 0 bridgehead atoms. The first-order valence-electron chi connectivity index (χ1n) is 3.96. The van der Waals surface area contributed by atoms with Crippen LogP contribution in [0.5, 0.6) is 0 Å². The van der Waals surface area contributed by atoms with Gasteiger partial charge in [0.1, 0.15) is 0 Å². The summed E-state index contributed by atoms with van der Waals surface area (Å²) >= 11 is 1.53. The van der Waals surface area contributed by atoms with Gasteiger partial charge in [-0.25, -0.2) is 0 Å². The minimum Gasteiger partial charge on any atom is -0.317 e. The molecule has 1 heterocycles. The van der Waals surface area contributed by atoms with Crippen LogP contribution in [0.25, 0.3) is 10.2 Å². The molecule has 0 spiro atoms. The Hall–Kier alpha value is -0.800. The number of rotatable bonds is 1. The summed E-state index contributed by atoms with van der Waals surface area (Å²) in [5, 5.41) is 7.68. The van der Waals surface area contributed by atoms with Gasteiger partial charge in [-0.2, -0.15) is 0 Å². The highest BCUT2D eigenvalue weighted by atomic mass is 35.5. The Bertz CT molecular complexity index is 458. The molecular weight excluding hydrogens is 204 g/mol. The quantitative estimate of drug-likeness (QED) is 0.756. The molecule has 1 aromatic carbocycles. The highest BCUT2D eigenvalue weighted by Gasteiger charge is 2.00. The van der Waals surface area contributed by atoms with Gasteiger partial charge in [0.2, 0.25) is 0 Å². The second kappa shape index (κ2) is 3.94. The molecule has 2 rings (SSSR count). The van der Waals surface area contributed by atoms with Gasteiger partial charge < -0.3 is 4.57 Å². The van der Waals surface area contributed by atoms with Crippen molar-refractivity contribution in [3.63, 3.8) is 0 Å². The van der Waals surface area contributed by atoms with Gasteiger partial charge in [-0.15, -0.1) is 12.4 Å². The fraction of sp³-hybridized carbons (Fsp3) is 0.222. The van der Waals surface area contributed by atoms with Gasteiger partial charge in [0.25, 0.3) is 0 Å². The second-order valence-corrected chi connectivity index (χ2v) is 3.65. The van der Waals surface area contributed by atoms with E-state index < -0.39 is 0 Å². The molecule has 70 valence electrons. The molecule has 4 heteroatoms. The van der Waals surface area contributed by atoms with Gasteiger partial charge in [-0.1, -0.05) is 23.5 Å². The van der Waals surface area contributed by atoms with E-state index in [0.717, 1.165) is 6.54 Å². The SMILES string of the molecule is CCn1c(=N)sc2ccccc21.Cl. The van der Waals surface area contributed by atoms with E-state index in [1.165, 1.54) is 21.6 Å². The lowest BCUT2D eigenvalue weighted by molar-refractivity contribution is 0.755. The lowest BCUT2D eigenvalue weighted by Gasteiger charge is -1.97. The van der Waals surface area contributed by atoms with Crippen molar-refractivity contribution in [1.82, 2.24) is 4.57 Å². The molecule has 0 aliphatic carbocycles. The molecule has 0 radical (unpaired) electrons. The summed E-state index contributed by atoms with van der Waals surface area (Å²) in [6.07, 6.45) is 0. The fourth-order valence-corrected chi connectivity index (χ4v) is 2.32.